The average molecular weight is 206 g/mol. The van der Waals surface area contributed by atoms with Gasteiger partial charge < -0.3 is 5.32 Å². The van der Waals surface area contributed by atoms with Crippen LogP contribution in [0.4, 0.5) is 10.1 Å². The van der Waals surface area contributed by atoms with Crippen LogP contribution >= 0.6 is 0 Å². The fourth-order valence-corrected chi connectivity index (χ4v) is 1.07. The molecule has 15 heavy (non-hydrogen) atoms. The molecule has 0 aliphatic carbocycles. The van der Waals surface area contributed by atoms with Gasteiger partial charge in [-0.3, -0.25) is 4.79 Å². The van der Waals surface area contributed by atoms with Crippen molar-refractivity contribution in [3.05, 3.63) is 29.6 Å². The summed E-state index contributed by atoms with van der Waals surface area (Å²) in [7, 11) is 0. The summed E-state index contributed by atoms with van der Waals surface area (Å²) in [6.45, 7) is 3.20. The monoisotopic (exact) mass is 206 g/mol. The number of rotatable bonds is 2. The zero-order chi connectivity index (χ0) is 11.4. The summed E-state index contributed by atoms with van der Waals surface area (Å²) in [5.74, 6) is -1.44. The number of benzene rings is 1. The molecule has 1 N–H and O–H groups in total. The Hall–Kier alpha value is -1.89. The van der Waals surface area contributed by atoms with Gasteiger partial charge in [0.15, 0.2) is 0 Å². The highest BCUT2D eigenvalue weighted by atomic mass is 19.1. The van der Waals surface area contributed by atoms with E-state index in [1.165, 1.54) is 25.1 Å². The maximum atomic E-state index is 12.7. The quantitative estimate of drug-likeness (QED) is 0.806. The Morgan fingerprint density at radius 1 is 1.60 bits per heavy atom. The number of anilines is 1. The van der Waals surface area contributed by atoms with Gasteiger partial charge in [-0.25, -0.2) is 4.39 Å². The maximum absolute atomic E-state index is 12.7. The van der Waals surface area contributed by atoms with E-state index in [1.807, 2.05) is 6.07 Å². The molecular weight excluding hydrogens is 195 g/mol. The van der Waals surface area contributed by atoms with E-state index >= 15 is 0 Å². The Kier molecular flexibility index (Phi) is 3.40. The fourth-order valence-electron chi connectivity index (χ4n) is 1.07. The first-order chi connectivity index (χ1) is 7.04. The van der Waals surface area contributed by atoms with E-state index in [4.69, 9.17) is 5.26 Å². The van der Waals surface area contributed by atoms with Gasteiger partial charge in [0, 0.05) is 5.69 Å². The van der Waals surface area contributed by atoms with E-state index in [9.17, 15) is 9.18 Å². The number of carbonyl (C=O) groups is 1. The molecule has 1 aromatic carbocycles. The Morgan fingerprint density at radius 3 is 2.80 bits per heavy atom. The molecule has 1 aromatic rings. The summed E-state index contributed by atoms with van der Waals surface area (Å²) >= 11 is 0. The normalized spacial score (nSPS) is 11.6. The molecule has 1 rings (SSSR count). The summed E-state index contributed by atoms with van der Waals surface area (Å²) in [4.78, 5) is 11.4. The van der Waals surface area contributed by atoms with Gasteiger partial charge in [-0.2, -0.15) is 5.26 Å². The lowest BCUT2D eigenvalue weighted by atomic mass is 10.1. The number of nitrogens with zero attached hydrogens (tertiary/aromatic N) is 1. The molecule has 1 unspecified atom stereocenters. The zero-order valence-corrected chi connectivity index (χ0v) is 8.54. The van der Waals surface area contributed by atoms with Gasteiger partial charge in [0.1, 0.15) is 11.7 Å². The highest BCUT2D eigenvalue weighted by Crippen LogP contribution is 2.16. The second-order valence-corrected chi connectivity index (χ2v) is 3.30. The third kappa shape index (κ3) is 2.78. The number of hydrogen-bond acceptors (Lipinski definition) is 2. The number of hydrogen-bond donors (Lipinski definition) is 1. The number of nitriles is 1. The van der Waals surface area contributed by atoms with E-state index in [1.54, 1.807) is 6.92 Å². The number of aryl methyl sites for hydroxylation is 1. The fraction of sp³-hybridized carbons (Fsp3) is 0.273. The molecule has 0 spiro atoms. The minimum Gasteiger partial charge on any atom is -0.325 e. The van der Waals surface area contributed by atoms with Gasteiger partial charge in [-0.05, 0) is 37.6 Å². The van der Waals surface area contributed by atoms with Crippen molar-refractivity contribution in [3.8, 4) is 6.07 Å². The van der Waals surface area contributed by atoms with Crippen molar-refractivity contribution in [2.24, 2.45) is 5.92 Å². The third-order valence-corrected chi connectivity index (χ3v) is 2.03. The van der Waals surface area contributed by atoms with Crippen LogP contribution in [0.1, 0.15) is 12.5 Å². The topological polar surface area (TPSA) is 52.9 Å². The van der Waals surface area contributed by atoms with E-state index in [0.29, 0.717) is 11.3 Å². The molecule has 3 nitrogen and oxygen atoms in total. The summed E-state index contributed by atoms with van der Waals surface area (Å²) in [6.07, 6.45) is 0. The molecule has 0 fully saturated rings. The van der Waals surface area contributed by atoms with Crippen LogP contribution in [0.3, 0.4) is 0 Å². The first kappa shape index (κ1) is 11.2. The molecule has 78 valence electrons. The molecular formula is C11H11FN2O. The van der Waals surface area contributed by atoms with Crippen molar-refractivity contribution >= 4 is 11.6 Å². The van der Waals surface area contributed by atoms with Gasteiger partial charge in [0.2, 0.25) is 5.91 Å². The first-order valence-corrected chi connectivity index (χ1v) is 4.51. The summed E-state index contributed by atoms with van der Waals surface area (Å²) in [6, 6.07) is 5.90. The molecule has 1 amide bonds. The molecule has 1 atom stereocenters. The largest absolute Gasteiger partial charge is 0.325 e. The van der Waals surface area contributed by atoms with Crippen molar-refractivity contribution in [3.63, 3.8) is 0 Å². The first-order valence-electron chi connectivity index (χ1n) is 4.51. The Bertz CT molecular complexity index is 423. The molecule has 0 aliphatic rings. The highest BCUT2D eigenvalue weighted by Gasteiger charge is 2.12. The summed E-state index contributed by atoms with van der Waals surface area (Å²) in [5, 5.41) is 11.1. The Labute approximate surface area is 87.5 Å². The number of carbonyl (C=O) groups excluding carboxylic acids is 1. The van der Waals surface area contributed by atoms with Crippen LogP contribution in [0.5, 0.6) is 0 Å². The molecule has 0 radical (unpaired) electrons. The molecule has 0 saturated carbocycles. The van der Waals surface area contributed by atoms with Crippen LogP contribution in [0.25, 0.3) is 0 Å². The number of nitrogens with one attached hydrogen (secondary N) is 1. The third-order valence-electron chi connectivity index (χ3n) is 2.03. The second-order valence-electron chi connectivity index (χ2n) is 3.30. The molecule has 0 heterocycles. The smallest absolute Gasteiger partial charge is 0.241 e. The molecule has 0 bridgehead atoms. The van der Waals surface area contributed by atoms with Gasteiger partial charge in [-0.15, -0.1) is 0 Å². The van der Waals surface area contributed by atoms with Gasteiger partial charge in [-0.1, -0.05) is 0 Å². The van der Waals surface area contributed by atoms with E-state index in [2.05, 4.69) is 5.32 Å². The van der Waals surface area contributed by atoms with Crippen molar-refractivity contribution < 1.29 is 9.18 Å². The predicted molar refractivity (Wildman–Crippen MR) is 54.5 cm³/mol. The molecule has 4 heteroatoms. The van der Waals surface area contributed by atoms with Crippen LogP contribution in [0, 0.1) is 30.0 Å². The highest BCUT2D eigenvalue weighted by molar-refractivity contribution is 5.94. The van der Waals surface area contributed by atoms with Crippen molar-refractivity contribution in [2.75, 3.05) is 5.32 Å². The summed E-state index contributed by atoms with van der Waals surface area (Å²) < 4.78 is 12.7. The van der Waals surface area contributed by atoms with Crippen molar-refractivity contribution in [1.29, 1.82) is 5.26 Å². The Morgan fingerprint density at radius 2 is 2.27 bits per heavy atom. The van der Waals surface area contributed by atoms with Crippen LogP contribution in [-0.4, -0.2) is 5.91 Å². The zero-order valence-electron chi connectivity index (χ0n) is 8.54. The lowest BCUT2D eigenvalue weighted by Crippen LogP contribution is -2.19. The SMILES string of the molecule is Cc1cc(F)ccc1NC(=O)C(C)C#N. The lowest BCUT2D eigenvalue weighted by molar-refractivity contribution is -0.117. The Balaban J connectivity index is 2.82. The summed E-state index contributed by atoms with van der Waals surface area (Å²) in [5.41, 5.74) is 1.16. The van der Waals surface area contributed by atoms with Crippen molar-refractivity contribution in [2.45, 2.75) is 13.8 Å². The molecule has 0 aromatic heterocycles. The van der Waals surface area contributed by atoms with E-state index < -0.39 is 5.92 Å². The van der Waals surface area contributed by atoms with Crippen LogP contribution in [-0.2, 0) is 4.79 Å². The van der Waals surface area contributed by atoms with Gasteiger partial charge in [0.25, 0.3) is 0 Å². The van der Waals surface area contributed by atoms with E-state index in [0.717, 1.165) is 0 Å². The van der Waals surface area contributed by atoms with Crippen LogP contribution in [0.15, 0.2) is 18.2 Å². The second kappa shape index (κ2) is 4.56. The maximum Gasteiger partial charge on any atom is 0.241 e. The molecule has 0 aliphatic heterocycles. The average Bonchev–Trinajstić information content (AvgIpc) is 2.20. The standard InChI is InChI=1S/C11H11FN2O/c1-7-5-9(12)3-4-10(7)14-11(15)8(2)6-13/h3-5,8H,1-2H3,(H,14,15). The molecule has 0 saturated heterocycles. The lowest BCUT2D eigenvalue weighted by Gasteiger charge is -2.08. The number of amides is 1. The van der Waals surface area contributed by atoms with Crippen LogP contribution < -0.4 is 5.32 Å². The minimum atomic E-state index is -0.713. The number of halogens is 1. The van der Waals surface area contributed by atoms with Gasteiger partial charge in [0.05, 0.1) is 6.07 Å². The van der Waals surface area contributed by atoms with Crippen molar-refractivity contribution in [1.82, 2.24) is 0 Å². The predicted octanol–water partition coefficient (Wildman–Crippen LogP) is 2.23. The minimum absolute atomic E-state index is 0.348. The van der Waals surface area contributed by atoms with E-state index in [-0.39, 0.29) is 11.7 Å². The van der Waals surface area contributed by atoms with Crippen LogP contribution in [0.2, 0.25) is 0 Å². The van der Waals surface area contributed by atoms with Gasteiger partial charge >= 0.3 is 0 Å².